The number of para-hydroxylation sites is 1. The Morgan fingerprint density at radius 3 is 2.11 bits per heavy atom. The molecule has 6 heteroatoms. The van der Waals surface area contributed by atoms with E-state index in [0.29, 0.717) is 22.4 Å². The Kier molecular flexibility index (Phi) is 6.23. The molecule has 0 fully saturated rings. The molecule has 0 saturated carbocycles. The lowest BCUT2D eigenvalue weighted by Gasteiger charge is -2.21. The van der Waals surface area contributed by atoms with Crippen LogP contribution in [0.5, 0.6) is 0 Å². The van der Waals surface area contributed by atoms with Gasteiger partial charge in [0.1, 0.15) is 5.60 Å². The van der Waals surface area contributed by atoms with Gasteiger partial charge in [0.05, 0.1) is 11.3 Å². The number of Topliss-reactive ketones (excluding diaryl/α,β-unsaturated/α-hetero) is 1. The number of aromatic carboxylic acids is 1. The van der Waals surface area contributed by atoms with Crippen LogP contribution in [0.15, 0.2) is 36.4 Å². The van der Waals surface area contributed by atoms with Crippen LogP contribution < -0.4 is 5.32 Å². The molecule has 0 aliphatic heterocycles. The minimum absolute atomic E-state index is 0.0826. The summed E-state index contributed by atoms with van der Waals surface area (Å²) in [6, 6.07) is 10.0. The van der Waals surface area contributed by atoms with Crippen LogP contribution in [0.1, 0.15) is 58.2 Å². The van der Waals surface area contributed by atoms with Gasteiger partial charge >= 0.3 is 12.1 Å². The lowest BCUT2D eigenvalue weighted by molar-refractivity contribution is 0.0634. The van der Waals surface area contributed by atoms with Crippen molar-refractivity contribution in [1.29, 1.82) is 0 Å². The quantitative estimate of drug-likeness (QED) is 0.725. The minimum Gasteiger partial charge on any atom is -0.478 e. The minimum atomic E-state index is -1.08. The van der Waals surface area contributed by atoms with Crippen LogP contribution >= 0.6 is 0 Å². The summed E-state index contributed by atoms with van der Waals surface area (Å²) < 4.78 is 5.28. The average Bonchev–Trinajstić information content (AvgIpc) is 2.56. The third kappa shape index (κ3) is 5.19. The van der Waals surface area contributed by atoms with Crippen molar-refractivity contribution in [2.24, 2.45) is 0 Å². The largest absolute Gasteiger partial charge is 0.478 e. The standard InChI is InChI=1S/C22H25NO5/c1-13-8-6-10-15(20(25)26)17(13)12-18(24)16-11-7-9-14(2)19(16)23-21(27)28-22(3,4)5/h6-11H,12H2,1-5H3,(H,23,27)(H,25,26). The topological polar surface area (TPSA) is 92.7 Å². The Morgan fingerprint density at radius 2 is 1.54 bits per heavy atom. The number of carboxylic acid groups (broad SMARTS) is 1. The number of ether oxygens (including phenoxy) is 1. The first kappa shape index (κ1) is 21.2. The van der Waals surface area contributed by atoms with E-state index in [2.05, 4.69) is 5.32 Å². The maximum Gasteiger partial charge on any atom is 0.412 e. The van der Waals surface area contributed by atoms with Crippen molar-refractivity contribution in [2.75, 3.05) is 5.32 Å². The monoisotopic (exact) mass is 383 g/mol. The van der Waals surface area contributed by atoms with Gasteiger partial charge in [-0.15, -0.1) is 0 Å². The molecule has 0 bridgehead atoms. The van der Waals surface area contributed by atoms with E-state index < -0.39 is 17.7 Å². The number of carboxylic acids is 1. The predicted molar refractivity (Wildman–Crippen MR) is 107 cm³/mol. The van der Waals surface area contributed by atoms with E-state index in [-0.39, 0.29) is 17.8 Å². The van der Waals surface area contributed by atoms with Gasteiger partial charge in [-0.1, -0.05) is 24.3 Å². The van der Waals surface area contributed by atoms with E-state index >= 15 is 0 Å². The summed E-state index contributed by atoms with van der Waals surface area (Å²) in [5, 5.41) is 12.1. The summed E-state index contributed by atoms with van der Waals surface area (Å²) in [4.78, 5) is 36.7. The Labute approximate surface area is 164 Å². The number of rotatable bonds is 5. The molecule has 2 rings (SSSR count). The second-order valence-corrected chi connectivity index (χ2v) is 7.63. The number of amides is 1. The van der Waals surface area contributed by atoms with Crippen LogP contribution in [-0.2, 0) is 11.2 Å². The first-order chi connectivity index (χ1) is 13.0. The first-order valence-electron chi connectivity index (χ1n) is 8.94. The van der Waals surface area contributed by atoms with Crippen LogP contribution in [0.4, 0.5) is 10.5 Å². The van der Waals surface area contributed by atoms with Crippen LogP contribution in [0.2, 0.25) is 0 Å². The van der Waals surface area contributed by atoms with Gasteiger partial charge in [0.2, 0.25) is 0 Å². The summed E-state index contributed by atoms with van der Waals surface area (Å²) in [5.74, 6) is -1.37. The van der Waals surface area contributed by atoms with Gasteiger partial charge < -0.3 is 9.84 Å². The Bertz CT molecular complexity index is 925. The molecule has 0 atom stereocenters. The normalized spacial score (nSPS) is 11.0. The lowest BCUT2D eigenvalue weighted by Crippen LogP contribution is -2.28. The molecule has 0 saturated heterocycles. The number of carbonyl (C=O) groups is 3. The van der Waals surface area contributed by atoms with E-state index in [4.69, 9.17) is 4.74 Å². The van der Waals surface area contributed by atoms with Gasteiger partial charge in [0, 0.05) is 12.0 Å². The molecule has 2 N–H and O–H groups in total. The smallest absolute Gasteiger partial charge is 0.412 e. The highest BCUT2D eigenvalue weighted by molar-refractivity contribution is 6.06. The van der Waals surface area contributed by atoms with Crippen LogP contribution in [0.3, 0.4) is 0 Å². The van der Waals surface area contributed by atoms with Gasteiger partial charge in [-0.25, -0.2) is 9.59 Å². The first-order valence-corrected chi connectivity index (χ1v) is 8.94. The number of anilines is 1. The van der Waals surface area contributed by atoms with E-state index in [9.17, 15) is 19.5 Å². The molecule has 148 valence electrons. The fourth-order valence-electron chi connectivity index (χ4n) is 2.86. The van der Waals surface area contributed by atoms with Crippen molar-refractivity contribution in [3.8, 4) is 0 Å². The van der Waals surface area contributed by atoms with Crippen molar-refractivity contribution in [3.05, 3.63) is 64.2 Å². The molecule has 0 aliphatic carbocycles. The average molecular weight is 383 g/mol. The number of benzene rings is 2. The molecule has 0 heterocycles. The van der Waals surface area contributed by atoms with Gasteiger partial charge in [0.25, 0.3) is 0 Å². The highest BCUT2D eigenvalue weighted by Crippen LogP contribution is 2.25. The summed E-state index contributed by atoms with van der Waals surface area (Å²) in [7, 11) is 0. The Balaban J connectivity index is 2.37. The van der Waals surface area contributed by atoms with Crippen molar-refractivity contribution in [2.45, 2.75) is 46.6 Å². The molecule has 0 unspecified atom stereocenters. The van der Waals surface area contributed by atoms with Gasteiger partial charge in [-0.2, -0.15) is 0 Å². The van der Waals surface area contributed by atoms with E-state index in [1.807, 2.05) is 0 Å². The molecular formula is C22H25NO5. The number of carbonyl (C=O) groups excluding carboxylic acids is 2. The second kappa shape index (κ2) is 8.25. The summed E-state index contributed by atoms with van der Waals surface area (Å²) in [6.45, 7) is 8.80. The SMILES string of the molecule is Cc1cccc(C(=O)O)c1CC(=O)c1cccc(C)c1NC(=O)OC(C)(C)C. The van der Waals surface area contributed by atoms with Crippen molar-refractivity contribution >= 4 is 23.5 Å². The molecule has 0 aliphatic rings. The zero-order valence-corrected chi connectivity index (χ0v) is 16.8. The number of hydrogen-bond donors (Lipinski definition) is 2. The zero-order chi connectivity index (χ0) is 21.1. The summed E-state index contributed by atoms with van der Waals surface area (Å²) >= 11 is 0. The van der Waals surface area contributed by atoms with Crippen LogP contribution in [0.25, 0.3) is 0 Å². The summed E-state index contributed by atoms with van der Waals surface area (Å²) in [5.41, 5.74) is 2.00. The number of ketones is 1. The maximum atomic E-state index is 13.0. The molecule has 0 aromatic heterocycles. The molecule has 2 aromatic rings. The molecule has 0 radical (unpaired) electrons. The summed E-state index contributed by atoms with van der Waals surface area (Å²) in [6.07, 6.45) is -0.737. The van der Waals surface area contributed by atoms with Gasteiger partial charge in [-0.05, 0) is 63.4 Å². The van der Waals surface area contributed by atoms with E-state index in [1.54, 1.807) is 65.0 Å². The van der Waals surface area contributed by atoms with Crippen molar-refractivity contribution < 1.29 is 24.2 Å². The number of nitrogens with one attached hydrogen (secondary N) is 1. The van der Waals surface area contributed by atoms with Gasteiger partial charge in [-0.3, -0.25) is 10.1 Å². The fraction of sp³-hybridized carbons (Fsp3) is 0.318. The van der Waals surface area contributed by atoms with E-state index in [1.165, 1.54) is 6.07 Å². The predicted octanol–water partition coefficient (Wildman–Crippen LogP) is 4.77. The highest BCUT2D eigenvalue weighted by atomic mass is 16.6. The van der Waals surface area contributed by atoms with Crippen molar-refractivity contribution in [3.63, 3.8) is 0 Å². The number of hydrogen-bond acceptors (Lipinski definition) is 4. The van der Waals surface area contributed by atoms with Crippen LogP contribution in [0, 0.1) is 13.8 Å². The molecule has 28 heavy (non-hydrogen) atoms. The fourth-order valence-corrected chi connectivity index (χ4v) is 2.86. The Hall–Kier alpha value is -3.15. The number of aryl methyl sites for hydroxylation is 2. The van der Waals surface area contributed by atoms with Gasteiger partial charge in [0.15, 0.2) is 5.78 Å². The third-order valence-corrected chi connectivity index (χ3v) is 4.18. The highest BCUT2D eigenvalue weighted by Gasteiger charge is 2.22. The van der Waals surface area contributed by atoms with Crippen LogP contribution in [-0.4, -0.2) is 28.6 Å². The zero-order valence-electron chi connectivity index (χ0n) is 16.8. The molecule has 2 aromatic carbocycles. The van der Waals surface area contributed by atoms with E-state index in [0.717, 1.165) is 5.56 Å². The molecule has 0 spiro atoms. The Morgan fingerprint density at radius 1 is 0.964 bits per heavy atom. The molecular weight excluding hydrogens is 358 g/mol. The van der Waals surface area contributed by atoms with Crippen molar-refractivity contribution in [1.82, 2.24) is 0 Å². The lowest BCUT2D eigenvalue weighted by atomic mass is 9.93. The third-order valence-electron chi connectivity index (χ3n) is 4.18. The maximum absolute atomic E-state index is 13.0. The second-order valence-electron chi connectivity index (χ2n) is 7.63. The molecule has 1 amide bonds. The molecule has 6 nitrogen and oxygen atoms in total.